The molecule has 0 saturated carbocycles. The quantitative estimate of drug-likeness (QED) is 0.703. The molecule has 4 nitrogen and oxygen atoms in total. The SMILES string of the molecule is CC(C)S(=O)(=O)CCN1C(=O)CCCc2cc(I)ccc21. The Balaban J connectivity index is 2.27. The summed E-state index contributed by atoms with van der Waals surface area (Å²) in [6, 6.07) is 5.97. The normalized spacial score (nSPS) is 16.0. The molecule has 0 unspecified atom stereocenters. The first kappa shape index (κ1) is 16.7. The van der Waals surface area contributed by atoms with Crippen LogP contribution in [0.2, 0.25) is 0 Å². The minimum absolute atomic E-state index is 0.0157. The number of halogens is 1. The zero-order valence-electron chi connectivity index (χ0n) is 12.3. The highest BCUT2D eigenvalue weighted by molar-refractivity contribution is 14.1. The number of benzene rings is 1. The number of anilines is 1. The van der Waals surface area contributed by atoms with Crippen molar-refractivity contribution in [2.45, 2.75) is 38.4 Å². The van der Waals surface area contributed by atoms with Gasteiger partial charge in [0.05, 0.1) is 11.0 Å². The van der Waals surface area contributed by atoms with E-state index >= 15 is 0 Å². The van der Waals surface area contributed by atoms with Crippen LogP contribution in [0.15, 0.2) is 18.2 Å². The molecule has 0 fully saturated rings. The number of rotatable bonds is 4. The van der Waals surface area contributed by atoms with Crippen molar-refractivity contribution in [3.63, 3.8) is 0 Å². The Kier molecular flexibility index (Phi) is 5.29. The number of amides is 1. The largest absolute Gasteiger partial charge is 0.311 e. The van der Waals surface area contributed by atoms with Crippen LogP contribution in [-0.4, -0.2) is 31.9 Å². The lowest BCUT2D eigenvalue weighted by atomic mass is 10.1. The smallest absolute Gasteiger partial charge is 0.227 e. The zero-order chi connectivity index (χ0) is 15.6. The van der Waals surface area contributed by atoms with E-state index in [-0.39, 0.29) is 18.2 Å². The molecule has 1 aliphatic heterocycles. The van der Waals surface area contributed by atoms with E-state index in [1.165, 1.54) is 0 Å². The molecule has 0 aromatic heterocycles. The molecule has 0 bridgehead atoms. The first-order valence-electron chi connectivity index (χ1n) is 7.11. The Labute approximate surface area is 140 Å². The van der Waals surface area contributed by atoms with Gasteiger partial charge in [-0.05, 0) is 73.0 Å². The number of hydrogen-bond donors (Lipinski definition) is 0. The van der Waals surface area contributed by atoms with E-state index in [2.05, 4.69) is 28.7 Å². The minimum atomic E-state index is -3.14. The average molecular weight is 421 g/mol. The van der Waals surface area contributed by atoms with Crippen molar-refractivity contribution in [3.8, 4) is 0 Å². The summed E-state index contributed by atoms with van der Waals surface area (Å²) in [6.07, 6.45) is 2.16. The maximum atomic E-state index is 12.3. The molecule has 0 spiro atoms. The average Bonchev–Trinajstić information content (AvgIpc) is 2.54. The van der Waals surface area contributed by atoms with Crippen molar-refractivity contribution in [3.05, 3.63) is 27.3 Å². The van der Waals surface area contributed by atoms with Gasteiger partial charge in [0, 0.05) is 22.2 Å². The van der Waals surface area contributed by atoms with Crippen LogP contribution in [0, 0.1) is 3.57 Å². The molecule has 1 aromatic carbocycles. The summed E-state index contributed by atoms with van der Waals surface area (Å²) < 4.78 is 25.1. The molecule has 0 atom stereocenters. The maximum Gasteiger partial charge on any atom is 0.227 e. The van der Waals surface area contributed by atoms with Gasteiger partial charge < -0.3 is 4.90 Å². The van der Waals surface area contributed by atoms with Crippen molar-refractivity contribution in [2.24, 2.45) is 0 Å². The monoisotopic (exact) mass is 421 g/mol. The van der Waals surface area contributed by atoms with Crippen LogP contribution in [-0.2, 0) is 21.1 Å². The van der Waals surface area contributed by atoms with E-state index in [9.17, 15) is 13.2 Å². The lowest BCUT2D eigenvalue weighted by Crippen LogP contribution is -2.36. The Bertz CT molecular complexity index is 640. The van der Waals surface area contributed by atoms with Gasteiger partial charge in [0.15, 0.2) is 9.84 Å². The third kappa shape index (κ3) is 3.97. The summed E-state index contributed by atoms with van der Waals surface area (Å²) in [4.78, 5) is 13.9. The Morgan fingerprint density at radius 3 is 2.67 bits per heavy atom. The van der Waals surface area contributed by atoms with Crippen LogP contribution >= 0.6 is 22.6 Å². The van der Waals surface area contributed by atoms with Crippen molar-refractivity contribution < 1.29 is 13.2 Å². The Hall–Kier alpha value is -0.630. The summed E-state index contributed by atoms with van der Waals surface area (Å²) in [5, 5.41) is -0.407. The highest BCUT2D eigenvalue weighted by atomic mass is 127. The van der Waals surface area contributed by atoms with Gasteiger partial charge in [-0.2, -0.15) is 0 Å². The molecule has 21 heavy (non-hydrogen) atoms. The third-order valence-electron chi connectivity index (χ3n) is 3.79. The van der Waals surface area contributed by atoms with Gasteiger partial charge in [0.1, 0.15) is 0 Å². The van der Waals surface area contributed by atoms with Gasteiger partial charge in [0.25, 0.3) is 0 Å². The van der Waals surface area contributed by atoms with Gasteiger partial charge >= 0.3 is 0 Å². The molecule has 0 saturated heterocycles. The fourth-order valence-electron chi connectivity index (χ4n) is 2.42. The highest BCUT2D eigenvalue weighted by Crippen LogP contribution is 2.28. The third-order valence-corrected chi connectivity index (χ3v) is 6.65. The molecule has 116 valence electrons. The first-order valence-corrected chi connectivity index (χ1v) is 9.91. The number of aryl methyl sites for hydroxylation is 1. The second-order valence-electron chi connectivity index (χ2n) is 5.59. The number of hydrogen-bond acceptors (Lipinski definition) is 3. The second kappa shape index (κ2) is 6.64. The highest BCUT2D eigenvalue weighted by Gasteiger charge is 2.25. The minimum Gasteiger partial charge on any atom is -0.311 e. The number of fused-ring (bicyclic) bond motifs is 1. The van der Waals surface area contributed by atoms with E-state index in [0.29, 0.717) is 6.42 Å². The van der Waals surface area contributed by atoms with Crippen LogP contribution in [0.5, 0.6) is 0 Å². The van der Waals surface area contributed by atoms with E-state index in [1.807, 2.05) is 12.1 Å². The molecule has 0 radical (unpaired) electrons. The zero-order valence-corrected chi connectivity index (χ0v) is 15.3. The molecule has 2 rings (SSSR count). The maximum absolute atomic E-state index is 12.3. The molecular weight excluding hydrogens is 401 g/mol. The fourth-order valence-corrected chi connectivity index (χ4v) is 3.88. The second-order valence-corrected chi connectivity index (χ2v) is 9.51. The van der Waals surface area contributed by atoms with Gasteiger partial charge in [-0.15, -0.1) is 0 Å². The van der Waals surface area contributed by atoms with Gasteiger partial charge in [-0.3, -0.25) is 4.79 Å². The predicted molar refractivity (Wildman–Crippen MR) is 93.4 cm³/mol. The van der Waals surface area contributed by atoms with Crippen LogP contribution < -0.4 is 4.90 Å². The van der Waals surface area contributed by atoms with Crippen LogP contribution in [0.1, 0.15) is 32.3 Å². The summed E-state index contributed by atoms with van der Waals surface area (Å²) in [5.74, 6) is 0.0379. The predicted octanol–water partition coefficient (Wildman–Crippen LogP) is 2.78. The lowest BCUT2D eigenvalue weighted by Gasteiger charge is -2.23. The summed E-state index contributed by atoms with van der Waals surface area (Å²) in [6.45, 7) is 3.60. The number of carbonyl (C=O) groups is 1. The van der Waals surface area contributed by atoms with Gasteiger partial charge in [-0.25, -0.2) is 8.42 Å². The van der Waals surface area contributed by atoms with E-state index in [0.717, 1.165) is 27.7 Å². The summed E-state index contributed by atoms with van der Waals surface area (Å²) >= 11 is 2.25. The molecule has 1 aromatic rings. The number of carbonyl (C=O) groups excluding carboxylic acids is 1. The molecular formula is C15H20INO3S. The first-order chi connectivity index (χ1) is 9.81. The van der Waals surface area contributed by atoms with Crippen molar-refractivity contribution in [2.75, 3.05) is 17.2 Å². The van der Waals surface area contributed by atoms with Crippen molar-refractivity contribution >= 4 is 44.0 Å². The van der Waals surface area contributed by atoms with Crippen molar-refractivity contribution in [1.82, 2.24) is 0 Å². The van der Waals surface area contributed by atoms with Crippen molar-refractivity contribution in [1.29, 1.82) is 0 Å². The Morgan fingerprint density at radius 2 is 2.00 bits per heavy atom. The molecule has 0 aliphatic carbocycles. The molecule has 0 N–H and O–H groups in total. The van der Waals surface area contributed by atoms with E-state index in [4.69, 9.17) is 0 Å². The standard InChI is InChI=1S/C15H20INO3S/c1-11(2)21(19,20)9-8-17-14-7-6-13(16)10-12(14)4-3-5-15(17)18/h6-7,10-11H,3-5,8-9H2,1-2H3. The molecule has 1 aliphatic rings. The van der Waals surface area contributed by atoms with Gasteiger partial charge in [0.2, 0.25) is 5.91 Å². The van der Waals surface area contributed by atoms with E-state index < -0.39 is 15.1 Å². The number of nitrogens with zero attached hydrogens (tertiary/aromatic N) is 1. The Morgan fingerprint density at radius 1 is 1.29 bits per heavy atom. The molecule has 1 amide bonds. The summed E-state index contributed by atoms with van der Waals surface area (Å²) in [7, 11) is -3.14. The number of sulfone groups is 1. The van der Waals surface area contributed by atoms with Crippen LogP contribution in [0.25, 0.3) is 0 Å². The summed E-state index contributed by atoms with van der Waals surface area (Å²) in [5.41, 5.74) is 2.01. The molecule has 6 heteroatoms. The molecule has 1 heterocycles. The van der Waals surface area contributed by atoms with Gasteiger partial charge in [-0.1, -0.05) is 0 Å². The van der Waals surface area contributed by atoms with Crippen LogP contribution in [0.4, 0.5) is 5.69 Å². The van der Waals surface area contributed by atoms with Crippen LogP contribution in [0.3, 0.4) is 0 Å². The fraction of sp³-hybridized carbons (Fsp3) is 0.533. The topological polar surface area (TPSA) is 54.5 Å². The van der Waals surface area contributed by atoms with E-state index in [1.54, 1.807) is 18.7 Å². The lowest BCUT2D eigenvalue weighted by molar-refractivity contribution is -0.118.